The highest BCUT2D eigenvalue weighted by atomic mass is 16.5. The van der Waals surface area contributed by atoms with Crippen LogP contribution in [-0.4, -0.2) is 7.11 Å². The molecule has 0 saturated heterocycles. The molecule has 17 heavy (non-hydrogen) atoms. The topological polar surface area (TPSA) is 9.23 Å². The lowest BCUT2D eigenvalue weighted by Crippen LogP contribution is -2.03. The van der Waals surface area contributed by atoms with Crippen molar-refractivity contribution >= 4 is 0 Å². The van der Waals surface area contributed by atoms with Crippen LogP contribution in [0.15, 0.2) is 18.2 Å². The van der Waals surface area contributed by atoms with Crippen LogP contribution in [0.5, 0.6) is 5.75 Å². The molecule has 1 aromatic carbocycles. The second-order valence-electron chi connectivity index (χ2n) is 4.97. The maximum atomic E-state index is 5.67. The Morgan fingerprint density at radius 3 is 2.12 bits per heavy atom. The normalized spacial score (nSPS) is 14.4. The van der Waals surface area contributed by atoms with E-state index >= 15 is 0 Å². The molecule has 96 valence electrons. The average molecular weight is 234 g/mol. The summed E-state index contributed by atoms with van der Waals surface area (Å²) in [5.41, 5.74) is 2.72. The third kappa shape index (κ3) is 3.24. The molecule has 0 heterocycles. The highest BCUT2D eigenvalue weighted by Crippen LogP contribution is 2.36. The van der Waals surface area contributed by atoms with E-state index in [1.54, 1.807) is 7.11 Å². The molecule has 2 unspecified atom stereocenters. The number of ether oxygens (including phenoxy) is 1. The lowest BCUT2D eigenvalue weighted by atomic mass is 9.89. The van der Waals surface area contributed by atoms with Gasteiger partial charge in [-0.05, 0) is 35.8 Å². The van der Waals surface area contributed by atoms with Crippen LogP contribution in [0.2, 0.25) is 0 Å². The third-order valence-corrected chi connectivity index (χ3v) is 3.68. The van der Waals surface area contributed by atoms with Crippen LogP contribution < -0.4 is 4.74 Å². The fraction of sp³-hybridized carbons (Fsp3) is 0.625. The number of rotatable bonds is 6. The minimum absolute atomic E-state index is 0.568. The predicted molar refractivity (Wildman–Crippen MR) is 75.0 cm³/mol. The van der Waals surface area contributed by atoms with Gasteiger partial charge in [-0.25, -0.2) is 0 Å². The first-order valence-electron chi connectivity index (χ1n) is 6.82. The number of benzene rings is 1. The molecule has 1 rings (SSSR count). The summed E-state index contributed by atoms with van der Waals surface area (Å²) >= 11 is 0. The minimum atomic E-state index is 0.568. The summed E-state index contributed by atoms with van der Waals surface area (Å²) in [5, 5.41) is 0. The van der Waals surface area contributed by atoms with Gasteiger partial charge >= 0.3 is 0 Å². The first-order chi connectivity index (χ1) is 8.15. The zero-order valence-electron chi connectivity index (χ0n) is 11.9. The zero-order chi connectivity index (χ0) is 12.8. The largest absolute Gasteiger partial charge is 0.496 e. The zero-order valence-corrected chi connectivity index (χ0v) is 11.9. The molecule has 1 heteroatoms. The molecule has 0 bridgehead atoms. The fourth-order valence-corrected chi connectivity index (χ4v) is 2.39. The van der Waals surface area contributed by atoms with Gasteiger partial charge in [0.15, 0.2) is 0 Å². The van der Waals surface area contributed by atoms with Gasteiger partial charge in [-0.3, -0.25) is 0 Å². The molecule has 1 aromatic rings. The third-order valence-electron chi connectivity index (χ3n) is 3.68. The molecule has 0 saturated carbocycles. The molecule has 0 fully saturated rings. The van der Waals surface area contributed by atoms with E-state index in [1.165, 1.54) is 24.0 Å². The summed E-state index contributed by atoms with van der Waals surface area (Å²) in [4.78, 5) is 0. The van der Waals surface area contributed by atoms with Gasteiger partial charge in [0.05, 0.1) is 7.11 Å². The Morgan fingerprint density at radius 2 is 1.65 bits per heavy atom. The number of para-hydroxylation sites is 1. The van der Waals surface area contributed by atoms with Crippen molar-refractivity contribution < 1.29 is 4.74 Å². The van der Waals surface area contributed by atoms with Crippen molar-refractivity contribution in [1.82, 2.24) is 0 Å². The van der Waals surface area contributed by atoms with E-state index in [4.69, 9.17) is 4.74 Å². The molecular formula is C16H26O. The van der Waals surface area contributed by atoms with E-state index in [0.29, 0.717) is 11.8 Å². The second kappa shape index (κ2) is 6.68. The predicted octanol–water partition coefficient (Wildman–Crippen LogP) is 5.11. The van der Waals surface area contributed by atoms with Gasteiger partial charge in [-0.1, -0.05) is 52.3 Å². The van der Waals surface area contributed by atoms with Gasteiger partial charge in [0.1, 0.15) is 5.75 Å². The van der Waals surface area contributed by atoms with Gasteiger partial charge in [-0.15, -0.1) is 0 Å². The summed E-state index contributed by atoms with van der Waals surface area (Å²) in [7, 11) is 1.80. The smallest absolute Gasteiger partial charge is 0.125 e. The highest BCUT2D eigenvalue weighted by Gasteiger charge is 2.16. The Kier molecular flexibility index (Phi) is 5.54. The molecule has 0 aliphatic carbocycles. The number of hydrogen-bond donors (Lipinski definition) is 0. The lowest BCUT2D eigenvalue weighted by Gasteiger charge is -2.20. The molecule has 0 aromatic heterocycles. The van der Waals surface area contributed by atoms with Crippen LogP contribution in [0, 0.1) is 0 Å². The summed E-state index contributed by atoms with van der Waals surface area (Å²) in [6.45, 7) is 9.03. The van der Waals surface area contributed by atoms with E-state index < -0.39 is 0 Å². The van der Waals surface area contributed by atoms with Crippen molar-refractivity contribution in [2.24, 2.45) is 0 Å². The molecule has 0 amide bonds. The Hall–Kier alpha value is -0.980. The molecule has 1 nitrogen and oxygen atoms in total. The Morgan fingerprint density at radius 1 is 1.06 bits per heavy atom. The van der Waals surface area contributed by atoms with Crippen LogP contribution in [-0.2, 0) is 0 Å². The Balaban J connectivity index is 3.13. The Labute approximate surface area is 106 Å². The summed E-state index contributed by atoms with van der Waals surface area (Å²) < 4.78 is 5.67. The van der Waals surface area contributed by atoms with Crippen molar-refractivity contribution in [3.05, 3.63) is 29.3 Å². The van der Waals surface area contributed by atoms with E-state index in [-0.39, 0.29) is 0 Å². The quantitative estimate of drug-likeness (QED) is 0.664. The van der Waals surface area contributed by atoms with E-state index in [9.17, 15) is 0 Å². The van der Waals surface area contributed by atoms with E-state index in [0.717, 1.165) is 12.2 Å². The lowest BCUT2D eigenvalue weighted by molar-refractivity contribution is 0.396. The van der Waals surface area contributed by atoms with Crippen molar-refractivity contribution in [1.29, 1.82) is 0 Å². The average Bonchev–Trinajstić information content (AvgIpc) is 2.37. The maximum absolute atomic E-state index is 5.67. The van der Waals surface area contributed by atoms with E-state index in [2.05, 4.69) is 45.9 Å². The summed E-state index contributed by atoms with van der Waals surface area (Å²) in [5.74, 6) is 2.26. The van der Waals surface area contributed by atoms with Gasteiger partial charge in [-0.2, -0.15) is 0 Å². The summed E-state index contributed by atoms with van der Waals surface area (Å²) in [6.07, 6.45) is 3.60. The molecular weight excluding hydrogens is 208 g/mol. The monoisotopic (exact) mass is 234 g/mol. The molecule has 0 N–H and O–H groups in total. The fourth-order valence-electron chi connectivity index (χ4n) is 2.39. The van der Waals surface area contributed by atoms with Gasteiger partial charge in [0.2, 0.25) is 0 Å². The standard InChI is InChI=1S/C16H26O/c1-6-9-13(4)15-11-8-10-14(12(3)7-2)16(15)17-5/h8,10-13H,6-7,9H2,1-5H3. The minimum Gasteiger partial charge on any atom is -0.496 e. The van der Waals surface area contributed by atoms with Gasteiger partial charge in [0, 0.05) is 0 Å². The van der Waals surface area contributed by atoms with Crippen molar-refractivity contribution in [3.8, 4) is 5.75 Å². The van der Waals surface area contributed by atoms with Crippen molar-refractivity contribution in [3.63, 3.8) is 0 Å². The van der Waals surface area contributed by atoms with Gasteiger partial charge < -0.3 is 4.74 Å². The highest BCUT2D eigenvalue weighted by molar-refractivity contribution is 5.45. The molecule has 0 aliphatic rings. The maximum Gasteiger partial charge on any atom is 0.125 e. The molecule has 2 atom stereocenters. The van der Waals surface area contributed by atoms with Gasteiger partial charge in [0.25, 0.3) is 0 Å². The van der Waals surface area contributed by atoms with Crippen LogP contribution >= 0.6 is 0 Å². The number of hydrogen-bond acceptors (Lipinski definition) is 1. The second-order valence-corrected chi connectivity index (χ2v) is 4.97. The molecule has 0 spiro atoms. The van der Waals surface area contributed by atoms with Crippen molar-refractivity contribution in [2.75, 3.05) is 7.11 Å². The Bertz CT molecular complexity index is 343. The van der Waals surface area contributed by atoms with Crippen LogP contribution in [0.1, 0.15) is 69.9 Å². The molecule has 0 radical (unpaired) electrons. The summed E-state index contributed by atoms with van der Waals surface area (Å²) in [6, 6.07) is 6.59. The number of methoxy groups -OCH3 is 1. The molecule has 0 aliphatic heterocycles. The first kappa shape index (κ1) is 14.1. The SMILES string of the molecule is CCCC(C)c1cccc(C(C)CC)c1OC. The van der Waals surface area contributed by atoms with E-state index in [1.807, 2.05) is 0 Å². The first-order valence-corrected chi connectivity index (χ1v) is 6.82. The van der Waals surface area contributed by atoms with Crippen LogP contribution in [0.4, 0.5) is 0 Å². The van der Waals surface area contributed by atoms with Crippen molar-refractivity contribution in [2.45, 2.75) is 58.8 Å². The van der Waals surface area contributed by atoms with Crippen LogP contribution in [0.3, 0.4) is 0 Å². The van der Waals surface area contributed by atoms with Crippen LogP contribution in [0.25, 0.3) is 0 Å².